The second-order valence-electron chi connectivity index (χ2n) is 6.66. The highest BCUT2D eigenvalue weighted by atomic mass is 19.1. The molecule has 0 aromatic carbocycles. The largest absolute Gasteiger partial charge is 0.462 e. The Hall–Kier alpha value is -2.00. The number of aliphatic hydroxyl groups is 1. The number of ether oxygens (including phenoxy) is 2. The summed E-state index contributed by atoms with van der Waals surface area (Å²) in [5.74, 6) is -1.59. The van der Waals surface area contributed by atoms with Gasteiger partial charge in [-0.2, -0.15) is 4.98 Å². The zero-order valence-electron chi connectivity index (χ0n) is 14.6. The van der Waals surface area contributed by atoms with Crippen molar-refractivity contribution in [2.24, 2.45) is 5.92 Å². The lowest BCUT2D eigenvalue weighted by atomic mass is 9.94. The summed E-state index contributed by atoms with van der Waals surface area (Å²) >= 11 is 0. The van der Waals surface area contributed by atoms with Gasteiger partial charge in [-0.25, -0.2) is 9.18 Å². The highest BCUT2D eigenvalue weighted by Crippen LogP contribution is 2.39. The van der Waals surface area contributed by atoms with Crippen LogP contribution in [0.1, 0.15) is 46.3 Å². The van der Waals surface area contributed by atoms with Crippen LogP contribution in [0.5, 0.6) is 0 Å². The van der Waals surface area contributed by atoms with Gasteiger partial charge in [-0.3, -0.25) is 9.36 Å². The molecule has 0 radical (unpaired) electrons. The van der Waals surface area contributed by atoms with Gasteiger partial charge in [-0.15, -0.1) is 0 Å². The molecule has 0 unspecified atom stereocenters. The van der Waals surface area contributed by atoms with Gasteiger partial charge in [0.25, 0.3) is 0 Å². The maximum atomic E-state index is 13.6. The van der Waals surface area contributed by atoms with Crippen LogP contribution in [0, 0.1) is 11.7 Å². The van der Waals surface area contributed by atoms with Crippen molar-refractivity contribution in [1.29, 1.82) is 0 Å². The monoisotopic (exact) mass is 357 g/mol. The molecule has 9 heteroatoms. The number of halogens is 1. The van der Waals surface area contributed by atoms with Gasteiger partial charge in [0.15, 0.2) is 11.6 Å². The summed E-state index contributed by atoms with van der Waals surface area (Å²) in [6.45, 7) is 5.41. The van der Waals surface area contributed by atoms with E-state index in [2.05, 4.69) is 4.98 Å². The Balaban J connectivity index is 2.16. The number of aliphatic hydroxyl groups excluding tert-OH is 1. The first kappa shape index (κ1) is 19.3. The third-order valence-corrected chi connectivity index (χ3v) is 4.30. The van der Waals surface area contributed by atoms with Crippen molar-refractivity contribution in [3.05, 3.63) is 22.5 Å². The molecule has 1 aliphatic rings. The second kappa shape index (κ2) is 7.49. The zero-order valence-corrected chi connectivity index (χ0v) is 14.6. The fourth-order valence-corrected chi connectivity index (χ4v) is 2.78. The van der Waals surface area contributed by atoms with Crippen LogP contribution < -0.4 is 11.4 Å². The molecule has 8 nitrogen and oxygen atoms in total. The first-order chi connectivity index (χ1) is 11.7. The predicted octanol–water partition coefficient (Wildman–Crippen LogP) is 0.982. The van der Waals surface area contributed by atoms with Gasteiger partial charge in [-0.05, 0) is 12.3 Å². The molecular formula is C16H24FN3O5. The van der Waals surface area contributed by atoms with E-state index in [1.807, 2.05) is 13.8 Å². The number of nitrogen functional groups attached to an aromatic ring is 1. The first-order valence-corrected chi connectivity index (χ1v) is 8.24. The summed E-state index contributed by atoms with van der Waals surface area (Å²) in [6, 6.07) is 0. The number of carbonyl (C=O) groups excluding carboxylic acids is 1. The van der Waals surface area contributed by atoms with E-state index in [1.54, 1.807) is 6.92 Å². The Morgan fingerprint density at radius 3 is 2.92 bits per heavy atom. The molecular weight excluding hydrogens is 333 g/mol. The van der Waals surface area contributed by atoms with Gasteiger partial charge < -0.3 is 20.3 Å². The fraction of sp³-hybridized carbons (Fsp3) is 0.688. The van der Waals surface area contributed by atoms with Crippen molar-refractivity contribution in [3.8, 4) is 0 Å². The van der Waals surface area contributed by atoms with Crippen molar-refractivity contribution in [2.75, 3.05) is 12.3 Å². The summed E-state index contributed by atoms with van der Waals surface area (Å²) in [5.41, 5.74) is 3.33. The van der Waals surface area contributed by atoms with Crippen LogP contribution in [0.3, 0.4) is 0 Å². The van der Waals surface area contributed by atoms with Crippen LogP contribution in [0.25, 0.3) is 0 Å². The number of aromatic nitrogens is 2. The molecule has 1 saturated heterocycles. The molecule has 0 saturated carbocycles. The molecule has 0 spiro atoms. The Labute approximate surface area is 144 Å². The quantitative estimate of drug-likeness (QED) is 0.729. The maximum Gasteiger partial charge on any atom is 0.351 e. The number of nitrogens with zero attached hydrogens (tertiary/aromatic N) is 2. The molecule has 1 aromatic heterocycles. The number of anilines is 1. The third kappa shape index (κ3) is 4.16. The molecule has 2 rings (SSSR count). The predicted molar refractivity (Wildman–Crippen MR) is 87.0 cm³/mol. The normalized spacial score (nSPS) is 26.2. The van der Waals surface area contributed by atoms with Crippen molar-refractivity contribution in [3.63, 3.8) is 0 Å². The number of rotatable bonds is 6. The summed E-state index contributed by atoms with van der Waals surface area (Å²) in [7, 11) is 0. The van der Waals surface area contributed by atoms with E-state index in [1.165, 1.54) is 0 Å². The second-order valence-corrected chi connectivity index (χ2v) is 6.66. The highest BCUT2D eigenvalue weighted by molar-refractivity contribution is 5.69. The maximum absolute atomic E-state index is 13.6. The Morgan fingerprint density at radius 1 is 1.64 bits per heavy atom. The van der Waals surface area contributed by atoms with Crippen LogP contribution >= 0.6 is 0 Å². The van der Waals surface area contributed by atoms with Gasteiger partial charge in [0.05, 0.1) is 12.3 Å². The van der Waals surface area contributed by atoms with E-state index in [4.69, 9.17) is 15.2 Å². The highest BCUT2D eigenvalue weighted by Gasteiger charge is 2.49. The molecule has 25 heavy (non-hydrogen) atoms. The van der Waals surface area contributed by atoms with Gasteiger partial charge in [0.1, 0.15) is 18.4 Å². The number of hydrogen-bond acceptors (Lipinski definition) is 7. The lowest BCUT2D eigenvalue weighted by Gasteiger charge is -2.30. The average Bonchev–Trinajstić information content (AvgIpc) is 2.85. The smallest absolute Gasteiger partial charge is 0.351 e. The lowest BCUT2D eigenvalue weighted by Crippen LogP contribution is -2.44. The third-order valence-electron chi connectivity index (χ3n) is 4.30. The minimum absolute atomic E-state index is 0.0422. The lowest BCUT2D eigenvalue weighted by molar-refractivity contribution is -0.168. The number of hydrogen-bond donors (Lipinski definition) is 2. The van der Waals surface area contributed by atoms with Crippen LogP contribution in [0.2, 0.25) is 0 Å². The summed E-state index contributed by atoms with van der Waals surface area (Å²) in [6.07, 6.45) is -0.361. The van der Waals surface area contributed by atoms with E-state index in [0.29, 0.717) is 6.42 Å². The van der Waals surface area contributed by atoms with Crippen molar-refractivity contribution in [2.45, 2.75) is 58.0 Å². The molecule has 3 N–H and O–H groups in total. The van der Waals surface area contributed by atoms with E-state index in [9.17, 15) is 19.1 Å². The molecule has 2 heterocycles. The standard InChI is InChI=1S/C16H24FN3O5/c1-4-16(8-24-13(22)5-9(2)3)11(21)6-12(25-16)20-7-10(17)14(18)19-15(20)23/h7,9,11-12,21H,4-6,8H2,1-3H3,(H2,18,19,23)/t11-,12+,16+/m0/s1. The topological polar surface area (TPSA) is 117 Å². The minimum atomic E-state index is -1.16. The molecule has 0 amide bonds. The number of carbonyl (C=O) groups is 1. The van der Waals surface area contributed by atoms with Crippen LogP contribution in [0.4, 0.5) is 10.2 Å². The molecule has 0 aliphatic carbocycles. The Bertz CT molecular complexity index is 693. The van der Waals surface area contributed by atoms with Gasteiger partial charge in [0.2, 0.25) is 0 Å². The molecule has 1 aromatic rings. The van der Waals surface area contributed by atoms with Gasteiger partial charge in [0, 0.05) is 12.8 Å². The van der Waals surface area contributed by atoms with Crippen LogP contribution in [-0.2, 0) is 14.3 Å². The van der Waals surface area contributed by atoms with E-state index in [0.717, 1.165) is 10.8 Å². The first-order valence-electron chi connectivity index (χ1n) is 8.24. The average molecular weight is 357 g/mol. The molecule has 140 valence electrons. The number of esters is 1. The van der Waals surface area contributed by atoms with E-state index >= 15 is 0 Å². The van der Waals surface area contributed by atoms with Crippen molar-refractivity contribution in [1.82, 2.24) is 9.55 Å². The summed E-state index contributed by atoms with van der Waals surface area (Å²) in [5, 5.41) is 10.4. The minimum Gasteiger partial charge on any atom is -0.462 e. The van der Waals surface area contributed by atoms with Gasteiger partial charge in [-0.1, -0.05) is 20.8 Å². The Kier molecular flexibility index (Phi) is 5.79. The molecule has 3 atom stereocenters. The summed E-state index contributed by atoms with van der Waals surface area (Å²) in [4.78, 5) is 27.1. The Morgan fingerprint density at radius 2 is 2.32 bits per heavy atom. The molecule has 1 aliphatic heterocycles. The molecule has 0 bridgehead atoms. The van der Waals surface area contributed by atoms with Crippen LogP contribution in [0.15, 0.2) is 11.0 Å². The number of nitrogens with two attached hydrogens (primary N) is 1. The zero-order chi connectivity index (χ0) is 18.8. The van der Waals surface area contributed by atoms with Crippen molar-refractivity contribution >= 4 is 11.8 Å². The van der Waals surface area contributed by atoms with Crippen molar-refractivity contribution < 1.29 is 23.8 Å². The SMILES string of the molecule is CC[C@]1(COC(=O)CC(C)C)O[C@@H](n2cc(F)c(N)nc2=O)C[C@@H]1O. The summed E-state index contributed by atoms with van der Waals surface area (Å²) < 4.78 is 25.6. The van der Waals surface area contributed by atoms with Crippen LogP contribution in [-0.4, -0.2) is 38.9 Å². The molecule has 1 fully saturated rings. The van der Waals surface area contributed by atoms with Gasteiger partial charge >= 0.3 is 11.7 Å². The van der Waals surface area contributed by atoms with E-state index < -0.39 is 35.3 Å². The van der Waals surface area contributed by atoms with E-state index in [-0.39, 0.29) is 31.3 Å². The fourth-order valence-electron chi connectivity index (χ4n) is 2.78.